The van der Waals surface area contributed by atoms with Crippen LogP contribution in [0.1, 0.15) is 47.3 Å². The van der Waals surface area contributed by atoms with Crippen molar-refractivity contribution >= 4 is 5.91 Å². The Morgan fingerprint density at radius 3 is 2.52 bits per heavy atom. The van der Waals surface area contributed by atoms with Crippen LogP contribution in [-0.4, -0.2) is 39.6 Å². The molecule has 0 spiro atoms. The third kappa shape index (κ3) is 4.53. The zero-order valence-corrected chi connectivity index (χ0v) is 17.9. The topological polar surface area (TPSA) is 64.4 Å². The number of nitrogens with zero attached hydrogens (tertiary/aromatic N) is 3. The van der Waals surface area contributed by atoms with Crippen molar-refractivity contribution in [3.05, 3.63) is 94.2 Å². The van der Waals surface area contributed by atoms with Gasteiger partial charge in [0.05, 0.1) is 12.2 Å². The standard InChI is InChI=1S/C25H27N3O3/c1-18-10-16-28(19(2)20-7-4-3-5-8-20)25(30)23(18)24(29)27-14-11-21(12-15-27)31-22-9-6-13-26-17-22/h3-10,13,16-17,19,21H,11-12,14-15H2,1-2H3. The van der Waals surface area contributed by atoms with Crippen molar-refractivity contribution in [3.8, 4) is 5.75 Å². The number of aromatic nitrogens is 2. The lowest BCUT2D eigenvalue weighted by molar-refractivity contribution is 0.0592. The van der Waals surface area contributed by atoms with Crippen LogP contribution in [0.25, 0.3) is 0 Å². The Labute approximate surface area is 182 Å². The molecular formula is C25H27N3O3. The summed E-state index contributed by atoms with van der Waals surface area (Å²) in [4.78, 5) is 32.4. The van der Waals surface area contributed by atoms with Crippen molar-refractivity contribution in [1.82, 2.24) is 14.5 Å². The van der Waals surface area contributed by atoms with E-state index in [1.54, 1.807) is 28.1 Å². The van der Waals surface area contributed by atoms with E-state index in [1.165, 1.54) is 0 Å². The molecule has 1 aromatic carbocycles. The number of pyridine rings is 2. The molecule has 4 rings (SSSR count). The number of likely N-dealkylation sites (tertiary alicyclic amines) is 1. The molecule has 31 heavy (non-hydrogen) atoms. The fourth-order valence-corrected chi connectivity index (χ4v) is 4.04. The summed E-state index contributed by atoms with van der Waals surface area (Å²) in [5, 5.41) is 0. The number of aryl methyl sites for hydroxylation is 1. The second-order valence-electron chi connectivity index (χ2n) is 7.97. The van der Waals surface area contributed by atoms with Gasteiger partial charge in [-0.1, -0.05) is 30.3 Å². The number of carbonyl (C=O) groups is 1. The van der Waals surface area contributed by atoms with Crippen molar-refractivity contribution in [1.29, 1.82) is 0 Å². The molecule has 1 aliphatic heterocycles. The Morgan fingerprint density at radius 1 is 1.10 bits per heavy atom. The molecule has 3 aromatic rings. The number of hydrogen-bond donors (Lipinski definition) is 0. The fourth-order valence-electron chi connectivity index (χ4n) is 4.04. The molecule has 1 atom stereocenters. The van der Waals surface area contributed by atoms with Gasteiger partial charge in [-0.25, -0.2) is 0 Å². The van der Waals surface area contributed by atoms with E-state index < -0.39 is 0 Å². The molecule has 0 aliphatic carbocycles. The van der Waals surface area contributed by atoms with Crippen LogP contribution in [0, 0.1) is 6.92 Å². The predicted octanol–water partition coefficient (Wildman–Crippen LogP) is 3.84. The van der Waals surface area contributed by atoms with Crippen LogP contribution in [0.4, 0.5) is 0 Å². The number of ether oxygens (including phenoxy) is 1. The van der Waals surface area contributed by atoms with Crippen LogP contribution >= 0.6 is 0 Å². The third-order valence-corrected chi connectivity index (χ3v) is 5.91. The molecule has 160 valence electrons. The van der Waals surface area contributed by atoms with E-state index in [-0.39, 0.29) is 29.2 Å². The lowest BCUT2D eigenvalue weighted by Gasteiger charge is -2.32. The highest BCUT2D eigenvalue weighted by Crippen LogP contribution is 2.21. The van der Waals surface area contributed by atoms with Crippen LogP contribution in [0.2, 0.25) is 0 Å². The predicted molar refractivity (Wildman–Crippen MR) is 119 cm³/mol. The van der Waals surface area contributed by atoms with Crippen LogP contribution in [0.3, 0.4) is 0 Å². The third-order valence-electron chi connectivity index (χ3n) is 5.91. The molecule has 1 fully saturated rings. The Balaban J connectivity index is 1.49. The summed E-state index contributed by atoms with van der Waals surface area (Å²) in [7, 11) is 0. The average molecular weight is 418 g/mol. The summed E-state index contributed by atoms with van der Waals surface area (Å²) in [6.07, 6.45) is 6.67. The van der Waals surface area contributed by atoms with Crippen molar-refractivity contribution in [2.24, 2.45) is 0 Å². The van der Waals surface area contributed by atoms with Gasteiger partial charge in [0.1, 0.15) is 17.4 Å². The van der Waals surface area contributed by atoms with Crippen LogP contribution in [0.15, 0.2) is 71.9 Å². The van der Waals surface area contributed by atoms with Crippen molar-refractivity contribution in [2.45, 2.75) is 38.8 Å². The maximum atomic E-state index is 13.3. The molecule has 0 saturated carbocycles. The largest absolute Gasteiger partial charge is 0.489 e. The first-order chi connectivity index (χ1) is 15.0. The second-order valence-corrected chi connectivity index (χ2v) is 7.97. The molecule has 0 bridgehead atoms. The van der Waals surface area contributed by atoms with Gasteiger partial charge in [-0.15, -0.1) is 0 Å². The van der Waals surface area contributed by atoms with E-state index in [1.807, 2.05) is 62.4 Å². The van der Waals surface area contributed by atoms with Gasteiger partial charge >= 0.3 is 0 Å². The van der Waals surface area contributed by atoms with Crippen molar-refractivity contribution in [2.75, 3.05) is 13.1 Å². The number of amides is 1. The quantitative estimate of drug-likeness (QED) is 0.633. The Hall–Kier alpha value is -3.41. The molecule has 1 amide bonds. The van der Waals surface area contributed by atoms with Crippen LogP contribution in [-0.2, 0) is 0 Å². The van der Waals surface area contributed by atoms with Gasteiger partial charge < -0.3 is 14.2 Å². The summed E-state index contributed by atoms with van der Waals surface area (Å²) in [6, 6.07) is 15.3. The zero-order chi connectivity index (χ0) is 21.8. The summed E-state index contributed by atoms with van der Waals surface area (Å²) in [5.41, 5.74) is 1.76. The number of benzene rings is 1. The molecule has 1 unspecified atom stereocenters. The number of rotatable bonds is 5. The van der Waals surface area contributed by atoms with Gasteiger partial charge in [0.15, 0.2) is 0 Å². The lowest BCUT2D eigenvalue weighted by atomic mass is 10.0. The number of hydrogen-bond acceptors (Lipinski definition) is 4. The van der Waals surface area contributed by atoms with Gasteiger partial charge in [-0.2, -0.15) is 0 Å². The smallest absolute Gasteiger partial charge is 0.264 e. The van der Waals surface area contributed by atoms with Crippen molar-refractivity contribution in [3.63, 3.8) is 0 Å². The summed E-state index contributed by atoms with van der Waals surface area (Å²) < 4.78 is 7.62. The highest BCUT2D eigenvalue weighted by atomic mass is 16.5. The first-order valence-electron chi connectivity index (χ1n) is 10.7. The van der Waals surface area contributed by atoms with Gasteiger partial charge in [-0.3, -0.25) is 14.6 Å². The van der Waals surface area contributed by atoms with E-state index in [4.69, 9.17) is 4.74 Å². The van der Waals surface area contributed by atoms with E-state index in [2.05, 4.69) is 4.98 Å². The first-order valence-corrected chi connectivity index (χ1v) is 10.7. The minimum absolute atomic E-state index is 0.0416. The van der Waals surface area contributed by atoms with E-state index >= 15 is 0 Å². The van der Waals surface area contributed by atoms with Gasteiger partial charge in [-0.05, 0) is 43.2 Å². The Morgan fingerprint density at radius 2 is 1.84 bits per heavy atom. The summed E-state index contributed by atoms with van der Waals surface area (Å²) in [6.45, 7) is 4.92. The molecule has 2 aromatic heterocycles. The first kappa shape index (κ1) is 20.8. The Kier molecular flexibility index (Phi) is 6.16. The molecule has 1 aliphatic rings. The molecule has 1 saturated heterocycles. The minimum Gasteiger partial charge on any atom is -0.489 e. The second kappa shape index (κ2) is 9.16. The summed E-state index contributed by atoms with van der Waals surface area (Å²) in [5.74, 6) is 0.543. The van der Waals surface area contributed by atoms with E-state index in [0.717, 1.165) is 24.2 Å². The average Bonchev–Trinajstić information content (AvgIpc) is 2.80. The fraction of sp³-hybridized carbons (Fsp3) is 0.320. The van der Waals surface area contributed by atoms with Crippen molar-refractivity contribution < 1.29 is 9.53 Å². The lowest BCUT2D eigenvalue weighted by Crippen LogP contribution is -2.44. The van der Waals surface area contributed by atoms with E-state index in [0.29, 0.717) is 18.7 Å². The van der Waals surface area contributed by atoms with Gasteiger partial charge in [0.2, 0.25) is 0 Å². The maximum absolute atomic E-state index is 13.3. The maximum Gasteiger partial charge on any atom is 0.264 e. The molecule has 6 nitrogen and oxygen atoms in total. The zero-order valence-electron chi connectivity index (χ0n) is 17.9. The molecule has 6 heteroatoms. The summed E-state index contributed by atoms with van der Waals surface area (Å²) >= 11 is 0. The molecular weight excluding hydrogens is 390 g/mol. The van der Waals surface area contributed by atoms with Gasteiger partial charge in [0, 0.05) is 38.3 Å². The minimum atomic E-state index is -0.241. The van der Waals surface area contributed by atoms with Crippen LogP contribution < -0.4 is 10.3 Å². The van der Waals surface area contributed by atoms with Gasteiger partial charge in [0.25, 0.3) is 11.5 Å². The monoisotopic (exact) mass is 417 g/mol. The molecule has 0 radical (unpaired) electrons. The molecule has 0 N–H and O–H groups in total. The highest BCUT2D eigenvalue weighted by molar-refractivity contribution is 5.95. The Bertz CT molecular complexity index is 1090. The van der Waals surface area contributed by atoms with Crippen LogP contribution in [0.5, 0.6) is 5.75 Å². The SMILES string of the molecule is Cc1ccn(C(C)c2ccccc2)c(=O)c1C(=O)N1CCC(Oc2cccnc2)CC1. The van der Waals surface area contributed by atoms with E-state index in [9.17, 15) is 9.59 Å². The molecule has 3 heterocycles. The number of carbonyl (C=O) groups excluding carboxylic acids is 1. The normalized spacial score (nSPS) is 15.5. The highest BCUT2D eigenvalue weighted by Gasteiger charge is 2.28. The number of piperidine rings is 1.